The number of hydrogen-bond donors (Lipinski definition) is 1. The van der Waals surface area contributed by atoms with E-state index in [9.17, 15) is 0 Å². The van der Waals surface area contributed by atoms with Crippen molar-refractivity contribution in [3.63, 3.8) is 0 Å². The van der Waals surface area contributed by atoms with Gasteiger partial charge in [0.15, 0.2) is 0 Å². The van der Waals surface area contributed by atoms with Gasteiger partial charge in [0.05, 0.1) is 6.20 Å². The first-order chi connectivity index (χ1) is 7.36. The second kappa shape index (κ2) is 7.23. The lowest BCUT2D eigenvalue weighted by atomic mass is 10.2. The molecule has 0 fully saturated rings. The Morgan fingerprint density at radius 1 is 1.40 bits per heavy atom. The molecule has 0 atom stereocenters. The third-order valence-corrected chi connectivity index (χ3v) is 2.27. The molecule has 0 aliphatic carbocycles. The second-order valence-electron chi connectivity index (χ2n) is 3.52. The summed E-state index contributed by atoms with van der Waals surface area (Å²) in [4.78, 5) is 0. The van der Waals surface area contributed by atoms with E-state index in [1.807, 2.05) is 10.9 Å². The van der Waals surface area contributed by atoms with Crippen molar-refractivity contribution >= 4 is 0 Å². The predicted molar refractivity (Wildman–Crippen MR) is 63.9 cm³/mol. The van der Waals surface area contributed by atoms with E-state index in [-0.39, 0.29) is 0 Å². The Morgan fingerprint density at radius 3 is 2.93 bits per heavy atom. The van der Waals surface area contributed by atoms with Crippen LogP contribution in [0.1, 0.15) is 25.8 Å². The van der Waals surface area contributed by atoms with E-state index in [2.05, 4.69) is 42.6 Å². The fraction of sp³-hybridized carbons (Fsp3) is 0.583. The summed E-state index contributed by atoms with van der Waals surface area (Å²) in [6, 6.07) is 0. The smallest absolute Gasteiger partial charge is 0.0524 e. The maximum Gasteiger partial charge on any atom is 0.0524 e. The van der Waals surface area contributed by atoms with Crippen molar-refractivity contribution in [3.8, 4) is 0 Å². The molecule has 0 aromatic carbocycles. The van der Waals surface area contributed by atoms with Gasteiger partial charge in [0.25, 0.3) is 0 Å². The van der Waals surface area contributed by atoms with Crippen LogP contribution in [0.15, 0.2) is 24.5 Å². The van der Waals surface area contributed by atoms with Crippen LogP contribution in [0.5, 0.6) is 0 Å². The van der Waals surface area contributed by atoms with Crippen LogP contribution in [0.3, 0.4) is 0 Å². The van der Waals surface area contributed by atoms with Crippen molar-refractivity contribution in [2.75, 3.05) is 13.1 Å². The summed E-state index contributed by atoms with van der Waals surface area (Å²) >= 11 is 0. The minimum Gasteiger partial charge on any atom is -0.317 e. The van der Waals surface area contributed by atoms with Gasteiger partial charge in [-0.05, 0) is 38.4 Å². The molecule has 0 bridgehead atoms. The molecule has 1 N–H and O–H groups in total. The summed E-state index contributed by atoms with van der Waals surface area (Å²) in [5.41, 5.74) is 1.29. The van der Waals surface area contributed by atoms with Crippen LogP contribution in [-0.2, 0) is 13.0 Å². The molecule has 0 amide bonds. The quantitative estimate of drug-likeness (QED) is 0.547. The van der Waals surface area contributed by atoms with Crippen LogP contribution in [0, 0.1) is 0 Å². The highest BCUT2D eigenvalue weighted by molar-refractivity contribution is 5.09. The first kappa shape index (κ1) is 12.0. The molecule has 84 valence electrons. The zero-order valence-electron chi connectivity index (χ0n) is 9.74. The molecule has 1 aromatic rings. The minimum atomic E-state index is 0.949. The van der Waals surface area contributed by atoms with Gasteiger partial charge < -0.3 is 5.32 Å². The summed E-state index contributed by atoms with van der Waals surface area (Å²) in [7, 11) is 0. The van der Waals surface area contributed by atoms with Gasteiger partial charge in [-0.25, -0.2) is 0 Å². The highest BCUT2D eigenvalue weighted by atomic mass is 15.3. The Balaban J connectivity index is 2.18. The molecule has 0 radical (unpaired) electrons. The average Bonchev–Trinajstić information content (AvgIpc) is 2.71. The molecule has 3 heteroatoms. The molecule has 0 spiro atoms. The van der Waals surface area contributed by atoms with Gasteiger partial charge in [0.2, 0.25) is 0 Å². The molecule has 0 aliphatic rings. The van der Waals surface area contributed by atoms with Crippen molar-refractivity contribution in [2.45, 2.75) is 33.2 Å². The topological polar surface area (TPSA) is 29.9 Å². The van der Waals surface area contributed by atoms with Crippen LogP contribution >= 0.6 is 0 Å². The third-order valence-electron chi connectivity index (χ3n) is 2.27. The summed E-state index contributed by atoms with van der Waals surface area (Å²) in [6.45, 7) is 7.30. The van der Waals surface area contributed by atoms with Crippen LogP contribution in [0.4, 0.5) is 0 Å². The van der Waals surface area contributed by atoms with E-state index in [0.717, 1.165) is 32.5 Å². The number of hydrogen-bond acceptors (Lipinski definition) is 2. The van der Waals surface area contributed by atoms with Crippen molar-refractivity contribution < 1.29 is 0 Å². The molecule has 0 unspecified atom stereocenters. The van der Waals surface area contributed by atoms with E-state index in [1.54, 1.807) is 0 Å². The molecular formula is C12H21N3. The fourth-order valence-electron chi connectivity index (χ4n) is 1.38. The summed E-state index contributed by atoms with van der Waals surface area (Å²) in [5.74, 6) is 0. The molecule has 15 heavy (non-hydrogen) atoms. The van der Waals surface area contributed by atoms with E-state index >= 15 is 0 Å². The Hall–Kier alpha value is -1.09. The normalized spacial score (nSPS) is 11.3. The van der Waals surface area contributed by atoms with Crippen molar-refractivity contribution in [1.82, 2.24) is 15.1 Å². The lowest BCUT2D eigenvalue weighted by molar-refractivity contribution is 0.659. The summed E-state index contributed by atoms with van der Waals surface area (Å²) in [5, 5.41) is 7.53. The van der Waals surface area contributed by atoms with Crippen LogP contribution in [0.25, 0.3) is 0 Å². The van der Waals surface area contributed by atoms with Crippen LogP contribution in [-0.4, -0.2) is 22.9 Å². The van der Waals surface area contributed by atoms with Gasteiger partial charge >= 0.3 is 0 Å². The second-order valence-corrected chi connectivity index (χ2v) is 3.52. The van der Waals surface area contributed by atoms with E-state index in [4.69, 9.17) is 0 Å². The van der Waals surface area contributed by atoms with Crippen LogP contribution < -0.4 is 5.32 Å². The van der Waals surface area contributed by atoms with Gasteiger partial charge in [-0.1, -0.05) is 19.1 Å². The Kier molecular flexibility index (Phi) is 5.78. The molecule has 1 rings (SSSR count). The maximum atomic E-state index is 4.23. The zero-order chi connectivity index (χ0) is 10.9. The SMILES string of the molecule is CCNCCC=CCc1cnn(CC)c1. The van der Waals surface area contributed by atoms with Crippen molar-refractivity contribution in [2.24, 2.45) is 0 Å². The molecule has 3 nitrogen and oxygen atoms in total. The molecule has 0 saturated heterocycles. The fourth-order valence-corrected chi connectivity index (χ4v) is 1.38. The van der Waals surface area contributed by atoms with Gasteiger partial charge in [-0.15, -0.1) is 0 Å². The number of nitrogens with one attached hydrogen (secondary N) is 1. The van der Waals surface area contributed by atoms with Crippen molar-refractivity contribution in [3.05, 3.63) is 30.1 Å². The van der Waals surface area contributed by atoms with Gasteiger partial charge in [0, 0.05) is 12.7 Å². The average molecular weight is 207 g/mol. The molecule has 0 aliphatic heterocycles. The summed E-state index contributed by atoms with van der Waals surface area (Å²) < 4.78 is 1.96. The predicted octanol–water partition coefficient (Wildman–Crippen LogP) is 2.00. The first-order valence-corrected chi connectivity index (χ1v) is 5.73. The largest absolute Gasteiger partial charge is 0.317 e. The van der Waals surface area contributed by atoms with Crippen LogP contribution in [0.2, 0.25) is 0 Å². The standard InChI is InChI=1S/C12H21N3/c1-3-13-9-7-5-6-8-12-10-14-15(4-2)11-12/h5-6,10-11,13H,3-4,7-9H2,1-2H3. The van der Waals surface area contributed by atoms with Gasteiger partial charge in [-0.3, -0.25) is 4.68 Å². The molecule has 1 heterocycles. The molecular weight excluding hydrogens is 186 g/mol. The Morgan fingerprint density at radius 2 is 2.27 bits per heavy atom. The number of rotatable bonds is 7. The first-order valence-electron chi connectivity index (χ1n) is 5.73. The van der Waals surface area contributed by atoms with E-state index in [1.165, 1.54) is 5.56 Å². The number of allylic oxidation sites excluding steroid dienone is 1. The van der Waals surface area contributed by atoms with Gasteiger partial charge in [0.1, 0.15) is 0 Å². The number of nitrogens with zero attached hydrogens (tertiary/aromatic N) is 2. The van der Waals surface area contributed by atoms with E-state index < -0.39 is 0 Å². The third kappa shape index (κ3) is 4.79. The highest BCUT2D eigenvalue weighted by Gasteiger charge is 1.93. The highest BCUT2D eigenvalue weighted by Crippen LogP contribution is 2.00. The monoisotopic (exact) mass is 207 g/mol. The summed E-state index contributed by atoms with van der Waals surface area (Å²) in [6.07, 6.45) is 10.6. The Bertz CT molecular complexity index is 289. The minimum absolute atomic E-state index is 0.949. The Labute approximate surface area is 92.2 Å². The number of aromatic nitrogens is 2. The maximum absolute atomic E-state index is 4.23. The van der Waals surface area contributed by atoms with Crippen molar-refractivity contribution in [1.29, 1.82) is 0 Å². The molecule has 0 saturated carbocycles. The van der Waals surface area contributed by atoms with E-state index in [0.29, 0.717) is 0 Å². The lowest BCUT2D eigenvalue weighted by Gasteiger charge is -1.95. The lowest BCUT2D eigenvalue weighted by Crippen LogP contribution is -2.12. The zero-order valence-corrected chi connectivity index (χ0v) is 9.74. The molecule has 1 aromatic heterocycles. The van der Waals surface area contributed by atoms with Gasteiger partial charge in [-0.2, -0.15) is 5.10 Å². The number of aryl methyl sites for hydroxylation is 1.